The number of rotatable bonds is 9. The molecule has 0 heterocycles. The van der Waals surface area contributed by atoms with Gasteiger partial charge in [-0.05, 0) is 17.9 Å². The zero-order valence-electron chi connectivity index (χ0n) is 13.4. The first-order valence-corrected chi connectivity index (χ1v) is 8.01. The lowest BCUT2D eigenvalue weighted by atomic mass is 9.78. The van der Waals surface area contributed by atoms with E-state index in [1.54, 1.807) is 0 Å². The Bertz CT molecular complexity index is 401. The summed E-state index contributed by atoms with van der Waals surface area (Å²) in [5.41, 5.74) is 1.37. The third kappa shape index (κ3) is 5.77. The largest absolute Gasteiger partial charge is 0.102 e. The van der Waals surface area contributed by atoms with Crippen molar-refractivity contribution in [2.75, 3.05) is 0 Å². The number of allylic oxidation sites excluding steroid dienone is 2. The van der Waals surface area contributed by atoms with Gasteiger partial charge in [0.1, 0.15) is 0 Å². The van der Waals surface area contributed by atoms with Gasteiger partial charge in [0, 0.05) is 5.41 Å². The molecule has 20 heavy (non-hydrogen) atoms. The Morgan fingerprint density at radius 1 is 1.20 bits per heavy atom. The molecule has 0 heteroatoms. The second-order valence-corrected chi connectivity index (χ2v) is 6.07. The fraction of sp³-hybridized carbons (Fsp3) is 0.500. The van der Waals surface area contributed by atoms with Gasteiger partial charge in [-0.3, -0.25) is 0 Å². The van der Waals surface area contributed by atoms with Crippen LogP contribution in [0.5, 0.6) is 0 Å². The van der Waals surface area contributed by atoms with E-state index in [4.69, 9.17) is 0 Å². The highest BCUT2D eigenvalue weighted by molar-refractivity contribution is 5.50. The topological polar surface area (TPSA) is 0 Å². The molecular weight excluding hydrogens is 240 g/mol. The standard InChI is InChI=1S/C20H30/c1-5-8-12-18(6-2)17-20(4,7-3)16-15-19-13-10-9-11-14-19/h7,9-11,13-16,18H,3,5-6,8,12,17H2,1-2,4H3. The Kier molecular flexibility index (Phi) is 7.36. The van der Waals surface area contributed by atoms with Crippen molar-refractivity contribution in [2.45, 2.75) is 52.9 Å². The van der Waals surface area contributed by atoms with Crippen LogP contribution in [0.25, 0.3) is 6.08 Å². The predicted octanol–water partition coefficient (Wildman–Crippen LogP) is 6.50. The summed E-state index contributed by atoms with van der Waals surface area (Å²) in [6, 6.07) is 10.5. The Hall–Kier alpha value is -1.30. The molecule has 110 valence electrons. The molecule has 0 amide bonds. The Labute approximate surface area is 125 Å². The van der Waals surface area contributed by atoms with Crippen molar-refractivity contribution < 1.29 is 0 Å². The second-order valence-electron chi connectivity index (χ2n) is 6.07. The van der Waals surface area contributed by atoms with Crippen molar-refractivity contribution in [2.24, 2.45) is 11.3 Å². The van der Waals surface area contributed by atoms with Crippen LogP contribution in [-0.4, -0.2) is 0 Å². The molecule has 1 rings (SSSR count). The van der Waals surface area contributed by atoms with Crippen LogP contribution in [0.2, 0.25) is 0 Å². The normalized spacial score (nSPS) is 15.9. The maximum absolute atomic E-state index is 4.06. The summed E-state index contributed by atoms with van der Waals surface area (Å²) < 4.78 is 0. The Balaban J connectivity index is 2.70. The summed E-state index contributed by atoms with van der Waals surface area (Å²) in [5, 5.41) is 0. The van der Waals surface area contributed by atoms with Gasteiger partial charge in [0.25, 0.3) is 0 Å². The monoisotopic (exact) mass is 270 g/mol. The Morgan fingerprint density at radius 3 is 2.45 bits per heavy atom. The molecule has 0 spiro atoms. The van der Waals surface area contributed by atoms with E-state index in [2.05, 4.69) is 75.9 Å². The molecule has 1 aromatic carbocycles. The average molecular weight is 270 g/mol. The molecular formula is C20H30. The SMILES string of the molecule is C=CC(C)(C=Cc1ccccc1)CC(CC)CCCC. The summed E-state index contributed by atoms with van der Waals surface area (Å²) in [7, 11) is 0. The molecule has 0 aromatic heterocycles. The summed E-state index contributed by atoms with van der Waals surface area (Å²) in [6.45, 7) is 10.9. The maximum Gasteiger partial charge on any atom is 0.00359 e. The first kappa shape index (κ1) is 16.8. The molecule has 0 bridgehead atoms. The third-order valence-corrected chi connectivity index (χ3v) is 4.19. The lowest BCUT2D eigenvalue weighted by Crippen LogP contribution is -2.15. The third-order valence-electron chi connectivity index (χ3n) is 4.19. The van der Waals surface area contributed by atoms with Gasteiger partial charge in [-0.2, -0.15) is 0 Å². The van der Waals surface area contributed by atoms with Crippen molar-refractivity contribution in [3.8, 4) is 0 Å². The van der Waals surface area contributed by atoms with E-state index in [0.717, 1.165) is 5.92 Å². The van der Waals surface area contributed by atoms with Gasteiger partial charge in [-0.25, -0.2) is 0 Å². The number of hydrogen-bond acceptors (Lipinski definition) is 0. The van der Waals surface area contributed by atoms with Crippen LogP contribution in [-0.2, 0) is 0 Å². The van der Waals surface area contributed by atoms with Gasteiger partial charge in [0.15, 0.2) is 0 Å². The fourth-order valence-corrected chi connectivity index (χ4v) is 2.64. The summed E-state index contributed by atoms with van der Waals surface area (Å²) in [4.78, 5) is 0. The molecule has 2 atom stereocenters. The van der Waals surface area contributed by atoms with E-state index >= 15 is 0 Å². The zero-order valence-corrected chi connectivity index (χ0v) is 13.4. The first-order valence-electron chi connectivity index (χ1n) is 8.01. The van der Waals surface area contributed by atoms with Crippen molar-refractivity contribution >= 4 is 6.08 Å². The van der Waals surface area contributed by atoms with Gasteiger partial charge in [0.2, 0.25) is 0 Å². The molecule has 1 aromatic rings. The van der Waals surface area contributed by atoms with Crippen molar-refractivity contribution in [3.63, 3.8) is 0 Å². The number of hydrogen-bond donors (Lipinski definition) is 0. The minimum Gasteiger partial charge on any atom is -0.102 e. The van der Waals surface area contributed by atoms with E-state index in [0.29, 0.717) is 0 Å². The molecule has 0 saturated carbocycles. The van der Waals surface area contributed by atoms with E-state index < -0.39 is 0 Å². The van der Waals surface area contributed by atoms with Crippen LogP contribution < -0.4 is 0 Å². The van der Waals surface area contributed by atoms with Crippen molar-refractivity contribution in [1.29, 1.82) is 0 Å². The summed E-state index contributed by atoms with van der Waals surface area (Å²) in [6.07, 6.45) is 13.1. The van der Waals surface area contributed by atoms with Crippen molar-refractivity contribution in [3.05, 3.63) is 54.6 Å². The highest BCUT2D eigenvalue weighted by Crippen LogP contribution is 2.33. The summed E-state index contributed by atoms with van der Waals surface area (Å²) in [5.74, 6) is 0.804. The van der Waals surface area contributed by atoms with Gasteiger partial charge in [-0.1, -0.05) is 95.0 Å². The molecule has 0 aliphatic rings. The fourth-order valence-electron chi connectivity index (χ4n) is 2.64. The van der Waals surface area contributed by atoms with E-state index in [-0.39, 0.29) is 5.41 Å². The average Bonchev–Trinajstić information content (AvgIpc) is 2.50. The number of benzene rings is 1. The highest BCUT2D eigenvalue weighted by atomic mass is 14.3. The van der Waals surface area contributed by atoms with Crippen LogP contribution in [0.3, 0.4) is 0 Å². The van der Waals surface area contributed by atoms with Gasteiger partial charge < -0.3 is 0 Å². The van der Waals surface area contributed by atoms with E-state index in [1.165, 1.54) is 37.7 Å². The molecule has 2 unspecified atom stereocenters. The highest BCUT2D eigenvalue weighted by Gasteiger charge is 2.21. The van der Waals surface area contributed by atoms with E-state index in [9.17, 15) is 0 Å². The van der Waals surface area contributed by atoms with Crippen molar-refractivity contribution in [1.82, 2.24) is 0 Å². The molecule has 0 aliphatic heterocycles. The minimum absolute atomic E-state index is 0.101. The molecule has 0 aliphatic carbocycles. The van der Waals surface area contributed by atoms with Gasteiger partial charge in [0.05, 0.1) is 0 Å². The van der Waals surface area contributed by atoms with Crippen LogP contribution >= 0.6 is 0 Å². The molecule has 0 N–H and O–H groups in total. The lowest BCUT2D eigenvalue weighted by Gasteiger charge is -2.27. The van der Waals surface area contributed by atoms with Crippen LogP contribution in [0.4, 0.5) is 0 Å². The second kappa shape index (κ2) is 8.79. The molecule has 0 fully saturated rings. The van der Waals surface area contributed by atoms with Gasteiger partial charge >= 0.3 is 0 Å². The molecule has 0 saturated heterocycles. The van der Waals surface area contributed by atoms with Crippen LogP contribution in [0.1, 0.15) is 58.4 Å². The first-order chi connectivity index (χ1) is 9.63. The predicted molar refractivity (Wildman–Crippen MR) is 91.7 cm³/mol. The molecule has 0 nitrogen and oxygen atoms in total. The number of unbranched alkanes of at least 4 members (excludes halogenated alkanes) is 1. The summed E-state index contributed by atoms with van der Waals surface area (Å²) >= 11 is 0. The Morgan fingerprint density at radius 2 is 1.90 bits per heavy atom. The van der Waals surface area contributed by atoms with Crippen LogP contribution in [0.15, 0.2) is 49.1 Å². The van der Waals surface area contributed by atoms with Crippen LogP contribution in [0, 0.1) is 11.3 Å². The van der Waals surface area contributed by atoms with E-state index in [1.807, 2.05) is 0 Å². The molecule has 0 radical (unpaired) electrons. The minimum atomic E-state index is 0.101. The maximum atomic E-state index is 4.06. The zero-order chi connectivity index (χ0) is 14.8. The lowest BCUT2D eigenvalue weighted by molar-refractivity contribution is 0.333. The quantitative estimate of drug-likeness (QED) is 0.449. The smallest absolute Gasteiger partial charge is 0.00359 e. The van der Waals surface area contributed by atoms with Gasteiger partial charge in [-0.15, -0.1) is 6.58 Å².